The predicted octanol–water partition coefficient (Wildman–Crippen LogP) is 4.68. The minimum atomic E-state index is -4.49. The monoisotopic (exact) mass is 395 g/mol. The number of rotatable bonds is 6. The number of hydrogen-bond acceptors (Lipinski definition) is 4. The van der Waals surface area contributed by atoms with Gasteiger partial charge in [-0.2, -0.15) is 13.2 Å². The fraction of sp³-hybridized carbons (Fsp3) is 0.300. The number of alkyl halides is 3. The van der Waals surface area contributed by atoms with Crippen LogP contribution in [-0.2, 0) is 15.7 Å². The lowest BCUT2D eigenvalue weighted by Crippen LogP contribution is -2.28. The van der Waals surface area contributed by atoms with Crippen LogP contribution in [0.3, 0.4) is 0 Å². The Morgan fingerprint density at radius 2 is 1.64 bits per heavy atom. The maximum absolute atomic E-state index is 12.7. The van der Waals surface area contributed by atoms with Crippen molar-refractivity contribution in [2.45, 2.75) is 39.2 Å². The van der Waals surface area contributed by atoms with Gasteiger partial charge in [0.25, 0.3) is 5.91 Å². The first kappa shape index (κ1) is 21.3. The van der Waals surface area contributed by atoms with Gasteiger partial charge in [0.15, 0.2) is 6.10 Å². The van der Waals surface area contributed by atoms with Crippen LogP contribution in [0, 0.1) is 0 Å². The Hall–Kier alpha value is -3.03. The molecule has 1 N–H and O–H groups in total. The number of halogens is 3. The molecule has 0 spiro atoms. The van der Waals surface area contributed by atoms with Crippen LogP contribution in [-0.4, -0.2) is 24.1 Å². The van der Waals surface area contributed by atoms with Crippen LogP contribution in [0.15, 0.2) is 48.5 Å². The summed E-state index contributed by atoms with van der Waals surface area (Å²) in [5.74, 6) is -0.733. The highest BCUT2D eigenvalue weighted by atomic mass is 19.4. The van der Waals surface area contributed by atoms with Crippen molar-refractivity contribution in [2.75, 3.05) is 5.32 Å². The predicted molar refractivity (Wildman–Crippen MR) is 97.2 cm³/mol. The van der Waals surface area contributed by atoms with Gasteiger partial charge in [-0.15, -0.1) is 0 Å². The van der Waals surface area contributed by atoms with Gasteiger partial charge in [-0.3, -0.25) is 4.79 Å². The summed E-state index contributed by atoms with van der Waals surface area (Å²) in [5.41, 5.74) is -0.594. The number of carbonyl (C=O) groups is 2. The lowest BCUT2D eigenvalue weighted by atomic mass is 10.1. The average Bonchev–Trinajstić information content (AvgIpc) is 2.61. The molecule has 5 nitrogen and oxygen atoms in total. The second-order valence-electron chi connectivity index (χ2n) is 6.30. The maximum atomic E-state index is 12.7. The summed E-state index contributed by atoms with van der Waals surface area (Å²) >= 11 is 0. The number of nitrogens with one attached hydrogen (secondary N) is 1. The molecule has 1 amide bonds. The summed E-state index contributed by atoms with van der Waals surface area (Å²) in [7, 11) is 0. The molecule has 0 radical (unpaired) electrons. The number of amides is 1. The first-order valence-corrected chi connectivity index (χ1v) is 8.52. The highest BCUT2D eigenvalue weighted by Gasteiger charge is 2.30. The van der Waals surface area contributed by atoms with E-state index in [4.69, 9.17) is 9.47 Å². The molecule has 28 heavy (non-hydrogen) atoms. The van der Waals surface area contributed by atoms with E-state index in [2.05, 4.69) is 5.32 Å². The zero-order chi connectivity index (χ0) is 20.9. The van der Waals surface area contributed by atoms with Crippen molar-refractivity contribution in [1.29, 1.82) is 0 Å². The largest absolute Gasteiger partial charge is 0.479 e. The van der Waals surface area contributed by atoms with Crippen LogP contribution in [0.25, 0.3) is 0 Å². The number of benzene rings is 2. The van der Waals surface area contributed by atoms with Crippen LogP contribution in [0.1, 0.15) is 36.7 Å². The van der Waals surface area contributed by atoms with Crippen molar-refractivity contribution in [3.8, 4) is 5.75 Å². The molecule has 1 unspecified atom stereocenters. The van der Waals surface area contributed by atoms with Gasteiger partial charge in [-0.05, 0) is 63.2 Å². The topological polar surface area (TPSA) is 64.6 Å². The molecule has 150 valence electrons. The molecule has 0 aliphatic rings. The highest BCUT2D eigenvalue weighted by Crippen LogP contribution is 2.30. The number of anilines is 1. The van der Waals surface area contributed by atoms with Crippen molar-refractivity contribution < 1.29 is 32.2 Å². The Morgan fingerprint density at radius 1 is 1.00 bits per heavy atom. The summed E-state index contributed by atoms with van der Waals surface area (Å²) in [6, 6.07) is 10.2. The molecule has 2 aromatic rings. The van der Waals surface area contributed by atoms with Crippen molar-refractivity contribution in [3.63, 3.8) is 0 Å². The Kier molecular flexibility index (Phi) is 6.66. The molecular formula is C20H20F3NO4. The SMILES string of the molecule is CC(C)OC(=O)C(C)Oc1ccc(C(=O)Nc2cccc(C(F)(F)F)c2)cc1. The van der Waals surface area contributed by atoms with Gasteiger partial charge in [0.1, 0.15) is 5.75 Å². The molecule has 0 fully saturated rings. The van der Waals surface area contributed by atoms with Gasteiger partial charge in [-0.1, -0.05) is 6.07 Å². The molecule has 0 aromatic heterocycles. The molecule has 0 heterocycles. The number of esters is 1. The zero-order valence-electron chi connectivity index (χ0n) is 15.5. The van der Waals surface area contributed by atoms with Crippen molar-refractivity contribution in [3.05, 3.63) is 59.7 Å². The minimum Gasteiger partial charge on any atom is -0.479 e. The van der Waals surface area contributed by atoms with E-state index in [1.54, 1.807) is 20.8 Å². The van der Waals surface area contributed by atoms with Crippen LogP contribution >= 0.6 is 0 Å². The number of hydrogen-bond donors (Lipinski definition) is 1. The van der Waals surface area contributed by atoms with Crippen LogP contribution in [0.2, 0.25) is 0 Å². The fourth-order valence-corrected chi connectivity index (χ4v) is 2.24. The fourth-order valence-electron chi connectivity index (χ4n) is 2.24. The third-order valence-electron chi connectivity index (χ3n) is 3.56. The molecule has 0 bridgehead atoms. The molecule has 0 aliphatic heterocycles. The molecular weight excluding hydrogens is 375 g/mol. The molecule has 0 aliphatic carbocycles. The summed E-state index contributed by atoms with van der Waals surface area (Å²) in [5, 5.41) is 2.42. The lowest BCUT2D eigenvalue weighted by Gasteiger charge is -2.16. The Labute approximate surface area is 160 Å². The standard InChI is InChI=1S/C20H20F3NO4/c1-12(2)27-19(26)13(3)28-17-9-7-14(8-10-17)18(25)24-16-6-4-5-15(11-16)20(21,22)23/h4-13H,1-3H3,(H,24,25). The molecule has 8 heteroatoms. The van der Waals surface area contributed by atoms with Gasteiger partial charge in [0.05, 0.1) is 11.7 Å². The van der Waals surface area contributed by atoms with Crippen LogP contribution in [0.4, 0.5) is 18.9 Å². The van der Waals surface area contributed by atoms with Crippen LogP contribution < -0.4 is 10.1 Å². The second kappa shape index (κ2) is 8.77. The summed E-state index contributed by atoms with van der Waals surface area (Å²) in [4.78, 5) is 24.0. The van der Waals surface area contributed by atoms with E-state index in [0.717, 1.165) is 12.1 Å². The van der Waals surface area contributed by atoms with E-state index in [0.29, 0.717) is 5.75 Å². The Morgan fingerprint density at radius 3 is 2.21 bits per heavy atom. The lowest BCUT2D eigenvalue weighted by molar-refractivity contribution is -0.154. The second-order valence-corrected chi connectivity index (χ2v) is 6.30. The molecule has 2 rings (SSSR count). The quantitative estimate of drug-likeness (QED) is 0.722. The van der Waals surface area contributed by atoms with Crippen molar-refractivity contribution in [1.82, 2.24) is 0 Å². The van der Waals surface area contributed by atoms with E-state index in [1.165, 1.54) is 36.4 Å². The van der Waals surface area contributed by atoms with E-state index in [9.17, 15) is 22.8 Å². The maximum Gasteiger partial charge on any atom is 0.416 e. The van der Waals surface area contributed by atoms with Gasteiger partial charge >= 0.3 is 12.1 Å². The highest BCUT2D eigenvalue weighted by molar-refractivity contribution is 6.04. The zero-order valence-corrected chi connectivity index (χ0v) is 15.5. The molecule has 2 aromatic carbocycles. The summed E-state index contributed by atoms with van der Waals surface area (Å²) in [6.07, 6.45) is -5.58. The third-order valence-corrected chi connectivity index (χ3v) is 3.56. The minimum absolute atomic E-state index is 0.0326. The van der Waals surface area contributed by atoms with E-state index < -0.39 is 29.7 Å². The summed E-state index contributed by atoms with van der Waals surface area (Å²) in [6.45, 7) is 4.99. The third kappa shape index (κ3) is 6.00. The first-order chi connectivity index (χ1) is 13.1. The normalized spacial score (nSPS) is 12.4. The first-order valence-electron chi connectivity index (χ1n) is 8.52. The Balaban J connectivity index is 2.01. The molecule has 0 saturated carbocycles. The summed E-state index contributed by atoms with van der Waals surface area (Å²) < 4.78 is 48.7. The van der Waals surface area contributed by atoms with E-state index in [1.807, 2.05) is 0 Å². The number of ether oxygens (including phenoxy) is 2. The van der Waals surface area contributed by atoms with Gasteiger partial charge < -0.3 is 14.8 Å². The van der Waals surface area contributed by atoms with Gasteiger partial charge in [0, 0.05) is 11.3 Å². The smallest absolute Gasteiger partial charge is 0.416 e. The van der Waals surface area contributed by atoms with E-state index >= 15 is 0 Å². The molecule has 1 atom stereocenters. The van der Waals surface area contributed by atoms with E-state index in [-0.39, 0.29) is 17.4 Å². The van der Waals surface area contributed by atoms with Crippen molar-refractivity contribution in [2.24, 2.45) is 0 Å². The van der Waals surface area contributed by atoms with Gasteiger partial charge in [-0.25, -0.2) is 4.79 Å². The molecule has 0 saturated heterocycles. The Bertz CT molecular complexity index is 832. The number of carbonyl (C=O) groups excluding carboxylic acids is 2. The van der Waals surface area contributed by atoms with Gasteiger partial charge in [0.2, 0.25) is 0 Å². The average molecular weight is 395 g/mol. The van der Waals surface area contributed by atoms with Crippen LogP contribution in [0.5, 0.6) is 5.75 Å². The van der Waals surface area contributed by atoms with Crippen molar-refractivity contribution >= 4 is 17.6 Å².